The molecule has 0 fully saturated rings. The molecular formula is C20H20N6O4S. The number of thioether (sulfide) groups is 1. The Morgan fingerprint density at radius 3 is 2.61 bits per heavy atom. The SMILES string of the molecule is Cc1ccc(NC(=O)CSc2nnc(CNC(=O)c3ccccc3)n2C)cc1[N+](=O)[O-]. The predicted molar refractivity (Wildman–Crippen MR) is 116 cm³/mol. The van der Waals surface area contributed by atoms with Gasteiger partial charge in [0.15, 0.2) is 11.0 Å². The Kier molecular flexibility index (Phi) is 6.98. The molecule has 1 aromatic heterocycles. The van der Waals surface area contributed by atoms with Gasteiger partial charge in [0.1, 0.15) is 0 Å². The first-order valence-corrected chi connectivity index (χ1v) is 10.2. The van der Waals surface area contributed by atoms with Crippen LogP contribution in [0, 0.1) is 17.0 Å². The van der Waals surface area contributed by atoms with E-state index >= 15 is 0 Å². The Morgan fingerprint density at radius 1 is 1.16 bits per heavy atom. The zero-order valence-electron chi connectivity index (χ0n) is 16.9. The van der Waals surface area contributed by atoms with E-state index < -0.39 is 4.92 Å². The molecule has 0 aliphatic rings. The number of anilines is 1. The molecule has 0 unspecified atom stereocenters. The third-order valence-electron chi connectivity index (χ3n) is 4.39. The van der Waals surface area contributed by atoms with Crippen molar-refractivity contribution < 1.29 is 14.5 Å². The second-order valence-electron chi connectivity index (χ2n) is 6.60. The standard InChI is InChI=1S/C20H20N6O4S/c1-13-8-9-15(10-16(13)26(29)30)22-18(27)12-31-20-24-23-17(25(20)2)11-21-19(28)14-6-4-3-5-7-14/h3-10H,11-12H2,1-2H3,(H,21,28)(H,22,27). The molecule has 0 spiro atoms. The molecule has 0 saturated heterocycles. The Balaban J connectivity index is 1.54. The molecule has 0 aliphatic heterocycles. The first-order chi connectivity index (χ1) is 14.8. The summed E-state index contributed by atoms with van der Waals surface area (Å²) < 4.78 is 1.69. The van der Waals surface area contributed by atoms with Crippen LogP contribution in [0.5, 0.6) is 0 Å². The van der Waals surface area contributed by atoms with Gasteiger partial charge in [-0.15, -0.1) is 10.2 Å². The zero-order valence-corrected chi connectivity index (χ0v) is 17.7. The van der Waals surface area contributed by atoms with Gasteiger partial charge in [-0.25, -0.2) is 0 Å². The molecule has 2 aromatic carbocycles. The highest BCUT2D eigenvalue weighted by Gasteiger charge is 2.15. The van der Waals surface area contributed by atoms with E-state index in [1.807, 2.05) is 6.07 Å². The molecule has 0 aliphatic carbocycles. The lowest BCUT2D eigenvalue weighted by atomic mass is 10.2. The van der Waals surface area contributed by atoms with Gasteiger partial charge in [0.2, 0.25) is 5.91 Å². The van der Waals surface area contributed by atoms with Crippen LogP contribution in [-0.4, -0.2) is 37.3 Å². The van der Waals surface area contributed by atoms with Crippen molar-refractivity contribution in [3.05, 3.63) is 75.6 Å². The fourth-order valence-electron chi connectivity index (χ4n) is 2.69. The second kappa shape index (κ2) is 9.85. The molecule has 1 heterocycles. The van der Waals surface area contributed by atoms with Crippen molar-refractivity contribution in [3.63, 3.8) is 0 Å². The number of nitro benzene ring substituents is 1. The van der Waals surface area contributed by atoms with Gasteiger partial charge >= 0.3 is 0 Å². The highest BCUT2D eigenvalue weighted by molar-refractivity contribution is 7.99. The van der Waals surface area contributed by atoms with Crippen LogP contribution in [0.15, 0.2) is 53.7 Å². The Hall–Kier alpha value is -3.73. The largest absolute Gasteiger partial charge is 0.345 e. The minimum atomic E-state index is -0.489. The zero-order chi connectivity index (χ0) is 22.4. The summed E-state index contributed by atoms with van der Waals surface area (Å²) in [5.41, 5.74) is 1.36. The summed E-state index contributed by atoms with van der Waals surface area (Å²) >= 11 is 1.17. The molecule has 0 bridgehead atoms. The van der Waals surface area contributed by atoms with Gasteiger partial charge in [-0.1, -0.05) is 36.0 Å². The van der Waals surface area contributed by atoms with E-state index in [4.69, 9.17) is 0 Å². The van der Waals surface area contributed by atoms with E-state index in [9.17, 15) is 19.7 Å². The third-order valence-corrected chi connectivity index (χ3v) is 5.41. The lowest BCUT2D eigenvalue weighted by molar-refractivity contribution is -0.385. The van der Waals surface area contributed by atoms with E-state index in [1.54, 1.807) is 54.9 Å². The van der Waals surface area contributed by atoms with Crippen molar-refractivity contribution in [2.24, 2.45) is 7.05 Å². The maximum Gasteiger partial charge on any atom is 0.274 e. The molecule has 10 nitrogen and oxygen atoms in total. The average molecular weight is 440 g/mol. The van der Waals surface area contributed by atoms with Crippen LogP contribution in [-0.2, 0) is 18.4 Å². The predicted octanol–water partition coefficient (Wildman–Crippen LogP) is 2.69. The molecule has 2 N–H and O–H groups in total. The first-order valence-electron chi connectivity index (χ1n) is 9.24. The number of nitrogens with zero attached hydrogens (tertiary/aromatic N) is 4. The van der Waals surface area contributed by atoms with Crippen LogP contribution in [0.4, 0.5) is 11.4 Å². The van der Waals surface area contributed by atoms with Crippen molar-refractivity contribution in [1.82, 2.24) is 20.1 Å². The Labute approximate surface area is 182 Å². The molecule has 2 amide bonds. The van der Waals surface area contributed by atoms with Crippen molar-refractivity contribution in [2.75, 3.05) is 11.1 Å². The fourth-order valence-corrected chi connectivity index (χ4v) is 3.42. The highest BCUT2D eigenvalue weighted by atomic mass is 32.2. The summed E-state index contributed by atoms with van der Waals surface area (Å²) in [5, 5.41) is 25.1. The maximum absolute atomic E-state index is 12.2. The Bertz CT molecular complexity index is 1120. The number of carbonyl (C=O) groups is 2. The number of nitrogens with one attached hydrogen (secondary N) is 2. The van der Waals surface area contributed by atoms with Crippen LogP contribution >= 0.6 is 11.8 Å². The number of rotatable bonds is 8. The smallest absolute Gasteiger partial charge is 0.274 e. The van der Waals surface area contributed by atoms with E-state index in [1.165, 1.54) is 17.8 Å². The van der Waals surface area contributed by atoms with Gasteiger partial charge in [-0.2, -0.15) is 0 Å². The van der Waals surface area contributed by atoms with Crippen molar-refractivity contribution in [2.45, 2.75) is 18.6 Å². The van der Waals surface area contributed by atoms with Crippen LogP contribution in [0.25, 0.3) is 0 Å². The van der Waals surface area contributed by atoms with Crippen LogP contribution in [0.3, 0.4) is 0 Å². The number of nitro groups is 1. The average Bonchev–Trinajstić information content (AvgIpc) is 3.11. The molecule has 3 rings (SSSR count). The number of amides is 2. The second-order valence-corrected chi connectivity index (χ2v) is 7.54. The van der Waals surface area contributed by atoms with Gasteiger partial charge < -0.3 is 15.2 Å². The molecular weight excluding hydrogens is 420 g/mol. The minimum absolute atomic E-state index is 0.0457. The van der Waals surface area contributed by atoms with Crippen molar-refractivity contribution >= 4 is 35.0 Å². The van der Waals surface area contributed by atoms with Crippen LogP contribution in [0.1, 0.15) is 21.7 Å². The number of hydrogen-bond donors (Lipinski definition) is 2. The van der Waals surface area contributed by atoms with Crippen molar-refractivity contribution in [3.8, 4) is 0 Å². The van der Waals surface area contributed by atoms with E-state index in [0.717, 1.165) is 0 Å². The normalized spacial score (nSPS) is 10.5. The maximum atomic E-state index is 12.2. The van der Waals surface area contributed by atoms with Gasteiger partial charge in [0, 0.05) is 29.9 Å². The molecule has 0 radical (unpaired) electrons. The summed E-state index contributed by atoms with van der Waals surface area (Å²) in [4.78, 5) is 34.9. The molecule has 31 heavy (non-hydrogen) atoms. The van der Waals surface area contributed by atoms with Crippen LogP contribution in [0.2, 0.25) is 0 Å². The molecule has 3 aromatic rings. The fraction of sp³-hybridized carbons (Fsp3) is 0.200. The Morgan fingerprint density at radius 2 is 1.90 bits per heavy atom. The quantitative estimate of drug-likeness (QED) is 0.313. The summed E-state index contributed by atoms with van der Waals surface area (Å²) in [6.45, 7) is 1.82. The highest BCUT2D eigenvalue weighted by Crippen LogP contribution is 2.23. The van der Waals surface area contributed by atoms with Crippen molar-refractivity contribution in [1.29, 1.82) is 0 Å². The van der Waals surface area contributed by atoms with Gasteiger partial charge in [0.05, 0.1) is 17.2 Å². The molecule has 0 atom stereocenters. The molecule has 11 heteroatoms. The summed E-state index contributed by atoms with van der Waals surface area (Å²) in [5.74, 6) is 0.0418. The number of carbonyl (C=O) groups excluding carboxylic acids is 2. The summed E-state index contributed by atoms with van der Waals surface area (Å²) in [6.07, 6.45) is 0. The number of hydrogen-bond acceptors (Lipinski definition) is 7. The third kappa shape index (κ3) is 5.66. The number of aryl methyl sites for hydroxylation is 1. The first kappa shape index (κ1) is 22.0. The van der Waals surface area contributed by atoms with Crippen LogP contribution < -0.4 is 10.6 Å². The van der Waals surface area contributed by atoms with Gasteiger partial charge in [-0.3, -0.25) is 19.7 Å². The summed E-state index contributed by atoms with van der Waals surface area (Å²) in [6, 6.07) is 13.4. The number of aromatic nitrogens is 3. The molecule has 160 valence electrons. The lowest BCUT2D eigenvalue weighted by Gasteiger charge is -2.07. The topological polar surface area (TPSA) is 132 Å². The van der Waals surface area contributed by atoms with Gasteiger partial charge in [0.25, 0.3) is 11.6 Å². The summed E-state index contributed by atoms with van der Waals surface area (Å²) in [7, 11) is 1.74. The monoisotopic (exact) mass is 440 g/mol. The minimum Gasteiger partial charge on any atom is -0.345 e. The van der Waals surface area contributed by atoms with E-state index in [-0.39, 0.29) is 29.8 Å². The number of benzene rings is 2. The van der Waals surface area contributed by atoms with E-state index in [2.05, 4.69) is 20.8 Å². The lowest BCUT2D eigenvalue weighted by Crippen LogP contribution is -2.24. The van der Waals surface area contributed by atoms with Gasteiger partial charge in [-0.05, 0) is 25.1 Å². The van der Waals surface area contributed by atoms with E-state index in [0.29, 0.717) is 27.8 Å². The molecule has 0 saturated carbocycles.